The van der Waals surface area contributed by atoms with Crippen LogP contribution in [0.3, 0.4) is 0 Å². The Hall–Kier alpha value is -2.30. The van der Waals surface area contributed by atoms with E-state index in [-0.39, 0.29) is 0 Å². The largest absolute Gasteiger partial charge is 0.496 e. The first-order valence-corrected chi connectivity index (χ1v) is 8.32. The molecule has 1 saturated carbocycles. The van der Waals surface area contributed by atoms with E-state index in [0.717, 1.165) is 33.5 Å². The third-order valence-electron chi connectivity index (χ3n) is 5.03. The maximum absolute atomic E-state index is 5.52. The number of nitrogens with zero attached hydrogens (tertiary/aromatic N) is 3. The summed E-state index contributed by atoms with van der Waals surface area (Å²) in [5.41, 5.74) is 2.98. The van der Waals surface area contributed by atoms with Crippen LogP contribution in [0.5, 0.6) is 5.75 Å². The van der Waals surface area contributed by atoms with E-state index >= 15 is 0 Å². The predicted octanol–water partition coefficient (Wildman–Crippen LogP) is 3.89. The third-order valence-corrected chi connectivity index (χ3v) is 5.03. The summed E-state index contributed by atoms with van der Waals surface area (Å²) in [6.45, 7) is 0. The minimum Gasteiger partial charge on any atom is -0.496 e. The summed E-state index contributed by atoms with van der Waals surface area (Å²) in [7, 11) is 3.85. The molecule has 5 heteroatoms. The van der Waals surface area contributed by atoms with Crippen molar-refractivity contribution in [1.29, 1.82) is 0 Å². The molecule has 1 fully saturated rings. The molecule has 5 nitrogen and oxygen atoms in total. The molecule has 4 rings (SSSR count). The Morgan fingerprint density at radius 3 is 2.78 bits per heavy atom. The van der Waals surface area contributed by atoms with Gasteiger partial charge in [-0.3, -0.25) is 0 Å². The van der Waals surface area contributed by atoms with Crippen molar-refractivity contribution in [3.63, 3.8) is 0 Å². The Morgan fingerprint density at radius 1 is 1.17 bits per heavy atom. The Bertz CT molecular complexity index is 836. The average molecular weight is 310 g/mol. The number of methoxy groups -OCH3 is 1. The molecular weight excluding hydrogens is 288 g/mol. The van der Waals surface area contributed by atoms with Crippen LogP contribution in [0.4, 0.5) is 5.82 Å². The van der Waals surface area contributed by atoms with Gasteiger partial charge >= 0.3 is 0 Å². The van der Waals surface area contributed by atoms with Gasteiger partial charge in [0.2, 0.25) is 0 Å². The highest BCUT2D eigenvalue weighted by molar-refractivity contribution is 6.11. The van der Waals surface area contributed by atoms with Gasteiger partial charge in [-0.15, -0.1) is 0 Å². The van der Waals surface area contributed by atoms with Gasteiger partial charge in [0, 0.05) is 13.1 Å². The van der Waals surface area contributed by atoms with Crippen LogP contribution >= 0.6 is 0 Å². The van der Waals surface area contributed by atoms with Gasteiger partial charge in [0.15, 0.2) is 5.82 Å². The molecule has 1 aliphatic rings. The molecule has 23 heavy (non-hydrogen) atoms. The van der Waals surface area contributed by atoms with Crippen molar-refractivity contribution in [3.05, 3.63) is 24.5 Å². The Balaban J connectivity index is 1.87. The van der Waals surface area contributed by atoms with Gasteiger partial charge in [-0.25, -0.2) is 9.97 Å². The van der Waals surface area contributed by atoms with Crippen LogP contribution in [-0.4, -0.2) is 35.2 Å². The lowest BCUT2D eigenvalue weighted by atomic mass is 9.94. The lowest BCUT2D eigenvalue weighted by molar-refractivity contribution is 0.420. The molecule has 0 unspecified atom stereocenters. The normalized spacial score (nSPS) is 16.1. The standard InChI is InChI=1S/C18H22N4O/c1-22(12-7-4-3-5-8-12)18-17-16(19-11-20-18)15-13(21-17)9-6-10-14(15)23-2/h6,9-12,21H,3-5,7-8H2,1-2H3. The van der Waals surface area contributed by atoms with E-state index in [0.29, 0.717) is 6.04 Å². The molecule has 1 aromatic carbocycles. The zero-order valence-corrected chi connectivity index (χ0v) is 13.7. The molecule has 0 spiro atoms. The van der Waals surface area contributed by atoms with Gasteiger partial charge in [0.25, 0.3) is 0 Å². The fourth-order valence-electron chi connectivity index (χ4n) is 3.77. The molecular formula is C18H22N4O. The van der Waals surface area contributed by atoms with Crippen molar-refractivity contribution < 1.29 is 4.74 Å². The second-order valence-corrected chi connectivity index (χ2v) is 6.33. The number of nitrogens with one attached hydrogen (secondary N) is 1. The van der Waals surface area contributed by atoms with Crippen molar-refractivity contribution in [1.82, 2.24) is 15.0 Å². The highest BCUT2D eigenvalue weighted by Crippen LogP contribution is 2.35. The lowest BCUT2D eigenvalue weighted by Crippen LogP contribution is -2.34. The molecule has 2 aromatic heterocycles. The van der Waals surface area contributed by atoms with Gasteiger partial charge in [0.05, 0.1) is 18.0 Å². The summed E-state index contributed by atoms with van der Waals surface area (Å²) in [4.78, 5) is 14.9. The van der Waals surface area contributed by atoms with E-state index in [2.05, 4.69) is 33.0 Å². The minimum absolute atomic E-state index is 0.565. The molecule has 0 bridgehead atoms. The zero-order valence-electron chi connectivity index (χ0n) is 13.7. The Morgan fingerprint density at radius 2 is 2.00 bits per heavy atom. The van der Waals surface area contributed by atoms with E-state index in [9.17, 15) is 0 Å². The molecule has 1 N–H and O–H groups in total. The number of aromatic nitrogens is 3. The average Bonchev–Trinajstić information content (AvgIpc) is 3.00. The first-order valence-electron chi connectivity index (χ1n) is 8.32. The smallest absolute Gasteiger partial charge is 0.156 e. The van der Waals surface area contributed by atoms with Crippen LogP contribution < -0.4 is 9.64 Å². The van der Waals surface area contributed by atoms with E-state index < -0.39 is 0 Å². The van der Waals surface area contributed by atoms with Crippen molar-refractivity contribution in [2.45, 2.75) is 38.1 Å². The molecule has 0 saturated heterocycles. The highest BCUT2D eigenvalue weighted by atomic mass is 16.5. The quantitative estimate of drug-likeness (QED) is 0.797. The van der Waals surface area contributed by atoms with Gasteiger partial charge in [-0.2, -0.15) is 0 Å². The number of ether oxygens (including phenoxy) is 1. The first kappa shape index (κ1) is 14.3. The van der Waals surface area contributed by atoms with Crippen LogP contribution in [0, 0.1) is 0 Å². The van der Waals surface area contributed by atoms with Gasteiger partial charge in [-0.05, 0) is 25.0 Å². The van der Waals surface area contributed by atoms with Crippen molar-refractivity contribution in [2.75, 3.05) is 19.1 Å². The molecule has 120 valence electrons. The predicted molar refractivity (Wildman–Crippen MR) is 93.2 cm³/mol. The van der Waals surface area contributed by atoms with Crippen LogP contribution in [0.1, 0.15) is 32.1 Å². The number of rotatable bonds is 3. The van der Waals surface area contributed by atoms with E-state index in [4.69, 9.17) is 4.74 Å². The second-order valence-electron chi connectivity index (χ2n) is 6.33. The van der Waals surface area contributed by atoms with Crippen LogP contribution in [0.2, 0.25) is 0 Å². The number of hydrogen-bond acceptors (Lipinski definition) is 4. The van der Waals surface area contributed by atoms with Crippen LogP contribution in [0.25, 0.3) is 21.9 Å². The fourth-order valence-corrected chi connectivity index (χ4v) is 3.77. The summed E-state index contributed by atoms with van der Waals surface area (Å²) in [5.74, 6) is 1.83. The monoisotopic (exact) mass is 310 g/mol. The van der Waals surface area contributed by atoms with E-state index in [1.807, 2.05) is 12.1 Å². The van der Waals surface area contributed by atoms with Crippen molar-refractivity contribution >= 4 is 27.8 Å². The number of fused-ring (bicyclic) bond motifs is 3. The lowest BCUT2D eigenvalue weighted by Gasteiger charge is -2.32. The molecule has 0 amide bonds. The topological polar surface area (TPSA) is 54.0 Å². The van der Waals surface area contributed by atoms with Crippen molar-refractivity contribution in [3.8, 4) is 5.75 Å². The summed E-state index contributed by atoms with van der Waals surface area (Å²) in [6, 6.07) is 6.59. The third kappa shape index (κ3) is 2.31. The van der Waals surface area contributed by atoms with Crippen LogP contribution in [-0.2, 0) is 0 Å². The molecule has 0 aliphatic heterocycles. The van der Waals surface area contributed by atoms with Crippen molar-refractivity contribution in [2.24, 2.45) is 0 Å². The molecule has 0 atom stereocenters. The summed E-state index contributed by atoms with van der Waals surface area (Å²) < 4.78 is 5.52. The summed E-state index contributed by atoms with van der Waals surface area (Å²) >= 11 is 0. The van der Waals surface area contributed by atoms with Gasteiger partial charge < -0.3 is 14.6 Å². The zero-order chi connectivity index (χ0) is 15.8. The fraction of sp³-hybridized carbons (Fsp3) is 0.444. The molecule has 1 aliphatic carbocycles. The number of anilines is 1. The Kier molecular flexibility index (Phi) is 3.56. The first-order chi connectivity index (χ1) is 11.3. The summed E-state index contributed by atoms with van der Waals surface area (Å²) in [5, 5.41) is 1.03. The van der Waals surface area contributed by atoms with E-state index in [1.165, 1.54) is 32.1 Å². The van der Waals surface area contributed by atoms with Gasteiger partial charge in [0.1, 0.15) is 23.1 Å². The maximum atomic E-state index is 5.52. The number of H-pyrrole nitrogens is 1. The minimum atomic E-state index is 0.565. The van der Waals surface area contributed by atoms with Gasteiger partial charge in [-0.1, -0.05) is 25.3 Å². The van der Waals surface area contributed by atoms with Crippen LogP contribution in [0.15, 0.2) is 24.5 Å². The van der Waals surface area contributed by atoms with E-state index in [1.54, 1.807) is 13.4 Å². The molecule has 2 heterocycles. The SMILES string of the molecule is COc1cccc2[nH]c3c(N(C)C4CCCCC4)ncnc3c12. The second kappa shape index (κ2) is 5.72. The molecule has 3 aromatic rings. The highest BCUT2D eigenvalue weighted by Gasteiger charge is 2.22. The summed E-state index contributed by atoms with van der Waals surface area (Å²) in [6.07, 6.45) is 8.12. The number of aromatic amines is 1. The number of benzene rings is 1. The number of hydrogen-bond donors (Lipinski definition) is 1. The Labute approximate surface area is 135 Å². The molecule has 0 radical (unpaired) electrons. The maximum Gasteiger partial charge on any atom is 0.156 e.